The van der Waals surface area contributed by atoms with E-state index in [2.05, 4.69) is 11.9 Å². The first-order chi connectivity index (χ1) is 8.66. The summed E-state index contributed by atoms with van der Waals surface area (Å²) >= 11 is 5.71. The predicted molar refractivity (Wildman–Crippen MR) is 77.9 cm³/mol. The van der Waals surface area contributed by atoms with Crippen LogP contribution in [0.15, 0.2) is 0 Å². The van der Waals surface area contributed by atoms with E-state index in [4.69, 9.17) is 0 Å². The Morgan fingerprint density at radius 2 is 2.17 bits per heavy atom. The molecular weight excluding hydrogens is 286 g/mol. The van der Waals surface area contributed by atoms with Gasteiger partial charge in [-0.1, -0.05) is 6.92 Å². The minimum absolute atomic E-state index is 0.360. The van der Waals surface area contributed by atoms with E-state index >= 15 is 0 Å². The summed E-state index contributed by atoms with van der Waals surface area (Å²) in [6, 6.07) is 0. The average molecular weight is 301 g/mol. The molecule has 1 aromatic rings. The molecule has 0 bridgehead atoms. The number of nitrogens with zero attached hydrogens (tertiary/aromatic N) is 1. The fourth-order valence-corrected chi connectivity index (χ4v) is 6.81. The van der Waals surface area contributed by atoms with Crippen LogP contribution < -0.4 is 0 Å². The largest absolute Gasteiger partial charge is 0.481 e. The van der Waals surface area contributed by atoms with E-state index in [1.165, 1.54) is 16.4 Å². The number of hydrogen-bond acceptors (Lipinski definition) is 5. The summed E-state index contributed by atoms with van der Waals surface area (Å²) in [7, 11) is 0. The SMILES string of the molecule is CC1SCCSC1c1nc2c(s1)CCC2C(=O)O. The van der Waals surface area contributed by atoms with Crippen molar-refractivity contribution < 1.29 is 9.90 Å². The molecule has 0 spiro atoms. The van der Waals surface area contributed by atoms with E-state index < -0.39 is 5.97 Å². The van der Waals surface area contributed by atoms with Crippen LogP contribution in [0, 0.1) is 0 Å². The average Bonchev–Trinajstić information content (AvgIpc) is 2.88. The maximum atomic E-state index is 11.2. The first kappa shape index (κ1) is 12.8. The molecule has 1 aliphatic heterocycles. The van der Waals surface area contributed by atoms with Crippen molar-refractivity contribution in [3.05, 3.63) is 15.6 Å². The summed E-state index contributed by atoms with van der Waals surface area (Å²) in [5, 5.41) is 11.4. The Hall–Kier alpha value is -0.200. The van der Waals surface area contributed by atoms with Crippen LogP contribution in [0.3, 0.4) is 0 Å². The summed E-state index contributed by atoms with van der Waals surface area (Å²) in [5.41, 5.74) is 0.853. The molecule has 98 valence electrons. The van der Waals surface area contributed by atoms with Crippen LogP contribution in [0.25, 0.3) is 0 Å². The van der Waals surface area contributed by atoms with E-state index in [1.54, 1.807) is 11.3 Å². The van der Waals surface area contributed by atoms with Crippen molar-refractivity contribution >= 4 is 40.8 Å². The molecule has 3 atom stereocenters. The second-order valence-electron chi connectivity index (χ2n) is 4.66. The van der Waals surface area contributed by atoms with Crippen molar-refractivity contribution in [3.63, 3.8) is 0 Å². The second kappa shape index (κ2) is 5.06. The molecule has 0 amide bonds. The van der Waals surface area contributed by atoms with Gasteiger partial charge in [-0.05, 0) is 12.8 Å². The van der Waals surface area contributed by atoms with Gasteiger partial charge in [-0.3, -0.25) is 4.79 Å². The Labute approximate surface area is 119 Å². The highest BCUT2D eigenvalue weighted by molar-refractivity contribution is 8.06. The van der Waals surface area contributed by atoms with Crippen LogP contribution >= 0.6 is 34.9 Å². The van der Waals surface area contributed by atoms with Gasteiger partial charge in [0.25, 0.3) is 0 Å². The smallest absolute Gasteiger partial charge is 0.312 e. The Bertz CT molecular complexity index is 474. The third-order valence-corrected chi connectivity index (χ3v) is 7.93. The Balaban J connectivity index is 1.87. The number of aromatic nitrogens is 1. The minimum Gasteiger partial charge on any atom is -0.481 e. The lowest BCUT2D eigenvalue weighted by molar-refractivity contribution is -0.138. The summed E-state index contributed by atoms with van der Waals surface area (Å²) in [5.74, 6) is 1.31. The zero-order chi connectivity index (χ0) is 12.7. The zero-order valence-electron chi connectivity index (χ0n) is 10.1. The highest BCUT2D eigenvalue weighted by Crippen LogP contribution is 2.46. The molecular formula is C12H15NO2S3. The van der Waals surface area contributed by atoms with Gasteiger partial charge in [0, 0.05) is 21.6 Å². The van der Waals surface area contributed by atoms with Crippen molar-refractivity contribution in [3.8, 4) is 0 Å². The van der Waals surface area contributed by atoms with Crippen LogP contribution in [-0.2, 0) is 11.2 Å². The minimum atomic E-state index is -0.718. The maximum absolute atomic E-state index is 11.2. The summed E-state index contributed by atoms with van der Waals surface area (Å²) < 4.78 is 0. The van der Waals surface area contributed by atoms with Crippen LogP contribution in [0.1, 0.15) is 40.1 Å². The molecule has 18 heavy (non-hydrogen) atoms. The van der Waals surface area contributed by atoms with Gasteiger partial charge >= 0.3 is 5.97 Å². The molecule has 1 N–H and O–H groups in total. The number of carbonyl (C=O) groups is 1. The van der Waals surface area contributed by atoms with Gasteiger partial charge in [-0.2, -0.15) is 11.8 Å². The molecule has 3 rings (SSSR count). The van der Waals surface area contributed by atoms with E-state index in [-0.39, 0.29) is 5.92 Å². The van der Waals surface area contributed by atoms with E-state index in [9.17, 15) is 9.90 Å². The molecule has 1 saturated heterocycles. The van der Waals surface area contributed by atoms with Gasteiger partial charge in [0.05, 0.1) is 10.9 Å². The quantitative estimate of drug-likeness (QED) is 0.909. The molecule has 3 nitrogen and oxygen atoms in total. The number of thiazole rings is 1. The highest BCUT2D eigenvalue weighted by Gasteiger charge is 2.35. The monoisotopic (exact) mass is 301 g/mol. The number of carboxylic acid groups (broad SMARTS) is 1. The van der Waals surface area contributed by atoms with E-state index in [0.29, 0.717) is 10.5 Å². The topological polar surface area (TPSA) is 50.2 Å². The Morgan fingerprint density at radius 1 is 1.39 bits per heavy atom. The van der Waals surface area contributed by atoms with Crippen LogP contribution in [-0.4, -0.2) is 32.8 Å². The molecule has 0 saturated carbocycles. The standard InChI is InChI=1S/C12H15NO2S3/c1-6-10(17-5-4-16-6)11-13-9-7(12(14)15)2-3-8(9)18-11/h6-7,10H,2-5H2,1H3,(H,14,15). The summed E-state index contributed by atoms with van der Waals surface area (Å²) in [6.45, 7) is 2.25. The number of aliphatic carboxylic acids is 1. The number of rotatable bonds is 2. The molecule has 0 radical (unpaired) electrons. The van der Waals surface area contributed by atoms with Crippen molar-refractivity contribution in [2.75, 3.05) is 11.5 Å². The molecule has 6 heteroatoms. The van der Waals surface area contributed by atoms with Crippen LogP contribution in [0.4, 0.5) is 0 Å². The van der Waals surface area contributed by atoms with Gasteiger partial charge < -0.3 is 5.11 Å². The van der Waals surface area contributed by atoms with Crippen molar-refractivity contribution in [2.24, 2.45) is 0 Å². The molecule has 2 aliphatic rings. The predicted octanol–water partition coefficient (Wildman–Crippen LogP) is 3.17. The molecule has 3 unspecified atom stereocenters. The fraction of sp³-hybridized carbons (Fsp3) is 0.667. The number of thioether (sulfide) groups is 2. The van der Waals surface area contributed by atoms with Crippen molar-refractivity contribution in [2.45, 2.75) is 36.2 Å². The first-order valence-corrected chi connectivity index (χ1v) is 9.03. The molecule has 2 heterocycles. The van der Waals surface area contributed by atoms with Gasteiger partial charge in [0.1, 0.15) is 10.9 Å². The fourth-order valence-electron chi connectivity index (χ4n) is 2.51. The second-order valence-corrected chi connectivity index (χ2v) is 8.51. The number of hydrogen-bond donors (Lipinski definition) is 1. The zero-order valence-corrected chi connectivity index (χ0v) is 12.5. The number of aryl methyl sites for hydroxylation is 1. The van der Waals surface area contributed by atoms with E-state index in [0.717, 1.165) is 23.5 Å². The van der Waals surface area contributed by atoms with Crippen molar-refractivity contribution in [1.29, 1.82) is 0 Å². The number of fused-ring (bicyclic) bond motifs is 1. The van der Waals surface area contributed by atoms with Crippen molar-refractivity contribution in [1.82, 2.24) is 4.98 Å². The molecule has 1 fully saturated rings. The lowest BCUT2D eigenvalue weighted by Crippen LogP contribution is -2.16. The van der Waals surface area contributed by atoms with Gasteiger partial charge in [0.2, 0.25) is 0 Å². The summed E-state index contributed by atoms with van der Waals surface area (Å²) in [4.78, 5) is 17.0. The van der Waals surface area contributed by atoms with Gasteiger partial charge in [0.15, 0.2) is 0 Å². The normalized spacial score (nSPS) is 31.3. The molecule has 1 aromatic heterocycles. The summed E-state index contributed by atoms with van der Waals surface area (Å²) in [6.07, 6.45) is 1.62. The first-order valence-electron chi connectivity index (χ1n) is 6.12. The molecule has 1 aliphatic carbocycles. The lowest BCUT2D eigenvalue weighted by Gasteiger charge is -2.26. The third kappa shape index (κ3) is 2.18. The number of carboxylic acids is 1. The van der Waals surface area contributed by atoms with Crippen LogP contribution in [0.2, 0.25) is 0 Å². The maximum Gasteiger partial charge on any atom is 0.312 e. The molecule has 0 aromatic carbocycles. The van der Waals surface area contributed by atoms with Gasteiger partial charge in [-0.15, -0.1) is 23.1 Å². The lowest BCUT2D eigenvalue weighted by atomic mass is 10.1. The Kier molecular flexibility index (Phi) is 3.60. The Morgan fingerprint density at radius 3 is 2.89 bits per heavy atom. The third-order valence-electron chi connectivity index (χ3n) is 3.46. The van der Waals surface area contributed by atoms with Gasteiger partial charge in [-0.25, -0.2) is 4.98 Å². The highest BCUT2D eigenvalue weighted by atomic mass is 32.2. The van der Waals surface area contributed by atoms with E-state index in [1.807, 2.05) is 23.5 Å². The van der Waals surface area contributed by atoms with Crippen LogP contribution in [0.5, 0.6) is 0 Å².